The number of amides is 1. The highest BCUT2D eigenvalue weighted by molar-refractivity contribution is 7.08. The van der Waals surface area contributed by atoms with Crippen LogP contribution in [0.15, 0.2) is 41.1 Å². The van der Waals surface area contributed by atoms with E-state index in [0.717, 1.165) is 36.6 Å². The molecule has 2 aromatic rings. The Balaban J connectivity index is 1.66. The van der Waals surface area contributed by atoms with Crippen LogP contribution in [0, 0.1) is 0 Å². The van der Waals surface area contributed by atoms with E-state index in [1.54, 1.807) is 18.4 Å². The number of thiophene rings is 1. The third-order valence-corrected chi connectivity index (χ3v) is 5.04. The molecule has 1 fully saturated rings. The number of hydrogen-bond donors (Lipinski definition) is 0. The van der Waals surface area contributed by atoms with Crippen LogP contribution in [0.25, 0.3) is 0 Å². The van der Waals surface area contributed by atoms with Crippen molar-refractivity contribution in [2.24, 2.45) is 0 Å². The van der Waals surface area contributed by atoms with Crippen LogP contribution in [-0.2, 0) is 11.2 Å². The lowest BCUT2D eigenvalue weighted by atomic mass is 10.1. The molecule has 0 aliphatic carbocycles. The van der Waals surface area contributed by atoms with E-state index in [2.05, 4.69) is 17.9 Å². The number of carbonyl (C=O) groups excluding carboxylic acids is 1. The zero-order chi connectivity index (χ0) is 16.2. The lowest BCUT2D eigenvalue weighted by Crippen LogP contribution is -2.54. The Bertz CT molecular complexity index is 657. The molecule has 1 saturated heterocycles. The Morgan fingerprint density at radius 3 is 2.83 bits per heavy atom. The standard InChI is InChI=1S/C18H22N2O2S/c1-14-12-19(16-5-3-4-6-17(16)22-2)8-9-20(14)18(21)11-15-7-10-23-13-15/h3-7,10,13-14H,8-9,11-12H2,1-2H3/t14-/m0/s1. The van der Waals surface area contributed by atoms with Crippen LogP contribution in [0.3, 0.4) is 0 Å². The monoisotopic (exact) mass is 330 g/mol. The van der Waals surface area contributed by atoms with Gasteiger partial charge in [-0.15, -0.1) is 0 Å². The van der Waals surface area contributed by atoms with Crippen LogP contribution in [-0.4, -0.2) is 43.6 Å². The van der Waals surface area contributed by atoms with Gasteiger partial charge in [-0.2, -0.15) is 11.3 Å². The zero-order valence-corrected chi connectivity index (χ0v) is 14.4. The van der Waals surface area contributed by atoms with Crippen molar-refractivity contribution in [3.8, 4) is 5.75 Å². The third-order valence-electron chi connectivity index (χ3n) is 4.31. The number of para-hydroxylation sites is 2. The molecule has 122 valence electrons. The van der Waals surface area contributed by atoms with Crippen LogP contribution in [0.4, 0.5) is 5.69 Å². The van der Waals surface area contributed by atoms with Gasteiger partial charge in [0.15, 0.2) is 0 Å². The molecule has 0 bridgehead atoms. The zero-order valence-electron chi connectivity index (χ0n) is 13.6. The molecule has 0 N–H and O–H groups in total. The molecule has 1 atom stereocenters. The molecule has 0 radical (unpaired) electrons. The number of hydrogen-bond acceptors (Lipinski definition) is 4. The highest BCUT2D eigenvalue weighted by atomic mass is 32.1. The van der Waals surface area contributed by atoms with Crippen molar-refractivity contribution >= 4 is 22.9 Å². The van der Waals surface area contributed by atoms with Gasteiger partial charge in [-0.1, -0.05) is 12.1 Å². The van der Waals surface area contributed by atoms with Crippen LogP contribution in [0.5, 0.6) is 5.75 Å². The van der Waals surface area contributed by atoms with Crippen LogP contribution in [0.1, 0.15) is 12.5 Å². The summed E-state index contributed by atoms with van der Waals surface area (Å²) in [6, 6.07) is 10.3. The maximum atomic E-state index is 12.5. The molecule has 0 spiro atoms. The van der Waals surface area contributed by atoms with Crippen molar-refractivity contribution in [3.63, 3.8) is 0 Å². The van der Waals surface area contributed by atoms with E-state index in [1.165, 1.54) is 0 Å². The number of benzene rings is 1. The van der Waals surface area contributed by atoms with Crippen molar-refractivity contribution in [1.29, 1.82) is 0 Å². The summed E-state index contributed by atoms with van der Waals surface area (Å²) in [4.78, 5) is 16.8. The average molecular weight is 330 g/mol. The number of rotatable bonds is 4. The van der Waals surface area contributed by atoms with Crippen LogP contribution < -0.4 is 9.64 Å². The van der Waals surface area contributed by atoms with E-state index >= 15 is 0 Å². The lowest BCUT2D eigenvalue weighted by molar-refractivity contribution is -0.132. The molecule has 1 aromatic carbocycles. The van der Waals surface area contributed by atoms with Crippen molar-refractivity contribution < 1.29 is 9.53 Å². The maximum absolute atomic E-state index is 12.5. The fourth-order valence-electron chi connectivity index (χ4n) is 3.11. The number of ether oxygens (including phenoxy) is 1. The molecule has 0 saturated carbocycles. The van der Waals surface area contributed by atoms with Gasteiger partial charge in [0.1, 0.15) is 5.75 Å². The first-order valence-corrected chi connectivity index (χ1v) is 8.82. The number of piperazine rings is 1. The van der Waals surface area contributed by atoms with Gasteiger partial charge in [-0.05, 0) is 41.4 Å². The predicted molar refractivity (Wildman–Crippen MR) is 94.4 cm³/mol. The summed E-state index contributed by atoms with van der Waals surface area (Å²) in [5.74, 6) is 1.10. The van der Waals surface area contributed by atoms with Gasteiger partial charge in [0.2, 0.25) is 5.91 Å². The Kier molecular flexibility index (Phi) is 4.86. The van der Waals surface area contributed by atoms with Gasteiger partial charge in [-0.3, -0.25) is 4.79 Å². The summed E-state index contributed by atoms with van der Waals surface area (Å²) in [5, 5.41) is 4.07. The number of nitrogens with zero attached hydrogens (tertiary/aromatic N) is 2. The molecule has 1 aromatic heterocycles. The first kappa shape index (κ1) is 15.9. The molecule has 5 heteroatoms. The molecule has 1 amide bonds. The number of methoxy groups -OCH3 is 1. The fraction of sp³-hybridized carbons (Fsp3) is 0.389. The molecular weight excluding hydrogens is 308 g/mol. The summed E-state index contributed by atoms with van der Waals surface area (Å²) in [7, 11) is 1.70. The first-order chi connectivity index (χ1) is 11.2. The Labute approximate surface area is 141 Å². The van der Waals surface area contributed by atoms with Gasteiger partial charge in [0.05, 0.1) is 19.2 Å². The Morgan fingerprint density at radius 2 is 2.13 bits per heavy atom. The second-order valence-electron chi connectivity index (χ2n) is 5.86. The summed E-state index contributed by atoms with van der Waals surface area (Å²) in [6.45, 7) is 4.53. The minimum absolute atomic E-state index is 0.194. The maximum Gasteiger partial charge on any atom is 0.227 e. The molecule has 0 unspecified atom stereocenters. The van der Waals surface area contributed by atoms with E-state index in [0.29, 0.717) is 6.42 Å². The lowest BCUT2D eigenvalue weighted by Gasteiger charge is -2.41. The molecule has 3 rings (SSSR count). The van der Waals surface area contributed by atoms with E-state index in [1.807, 2.05) is 39.9 Å². The average Bonchev–Trinajstić information content (AvgIpc) is 3.07. The highest BCUT2D eigenvalue weighted by Crippen LogP contribution is 2.29. The second kappa shape index (κ2) is 7.04. The highest BCUT2D eigenvalue weighted by Gasteiger charge is 2.28. The van der Waals surface area contributed by atoms with Gasteiger partial charge < -0.3 is 14.5 Å². The van der Waals surface area contributed by atoms with E-state index in [4.69, 9.17) is 4.74 Å². The van der Waals surface area contributed by atoms with Crippen molar-refractivity contribution in [2.45, 2.75) is 19.4 Å². The van der Waals surface area contributed by atoms with E-state index in [-0.39, 0.29) is 11.9 Å². The molecule has 23 heavy (non-hydrogen) atoms. The molecule has 4 nitrogen and oxygen atoms in total. The minimum atomic E-state index is 0.194. The van der Waals surface area contributed by atoms with Crippen LogP contribution >= 0.6 is 11.3 Å². The quantitative estimate of drug-likeness (QED) is 0.864. The van der Waals surface area contributed by atoms with E-state index in [9.17, 15) is 4.79 Å². The SMILES string of the molecule is COc1ccccc1N1CCN(C(=O)Cc2ccsc2)[C@@H](C)C1. The Hall–Kier alpha value is -2.01. The van der Waals surface area contributed by atoms with Gasteiger partial charge in [0.25, 0.3) is 0 Å². The van der Waals surface area contributed by atoms with E-state index < -0.39 is 0 Å². The first-order valence-electron chi connectivity index (χ1n) is 7.87. The summed E-state index contributed by atoms with van der Waals surface area (Å²) in [5.41, 5.74) is 2.21. The largest absolute Gasteiger partial charge is 0.495 e. The second-order valence-corrected chi connectivity index (χ2v) is 6.64. The summed E-state index contributed by atoms with van der Waals surface area (Å²) < 4.78 is 5.46. The minimum Gasteiger partial charge on any atom is -0.495 e. The smallest absolute Gasteiger partial charge is 0.227 e. The number of anilines is 1. The Morgan fingerprint density at radius 1 is 1.30 bits per heavy atom. The fourth-order valence-corrected chi connectivity index (χ4v) is 3.78. The third kappa shape index (κ3) is 3.50. The van der Waals surface area contributed by atoms with Crippen molar-refractivity contribution in [1.82, 2.24) is 4.90 Å². The van der Waals surface area contributed by atoms with Gasteiger partial charge in [-0.25, -0.2) is 0 Å². The summed E-state index contributed by atoms with van der Waals surface area (Å²) in [6.07, 6.45) is 0.502. The molecule has 1 aliphatic rings. The summed E-state index contributed by atoms with van der Waals surface area (Å²) >= 11 is 1.64. The van der Waals surface area contributed by atoms with Gasteiger partial charge in [0, 0.05) is 25.7 Å². The molecular formula is C18H22N2O2S. The topological polar surface area (TPSA) is 32.8 Å². The normalized spacial score (nSPS) is 18.1. The van der Waals surface area contributed by atoms with Crippen LogP contribution in [0.2, 0.25) is 0 Å². The molecule has 2 heterocycles. The molecule has 1 aliphatic heterocycles. The number of carbonyl (C=O) groups is 1. The van der Waals surface area contributed by atoms with Crippen molar-refractivity contribution in [2.75, 3.05) is 31.6 Å². The van der Waals surface area contributed by atoms with Gasteiger partial charge >= 0.3 is 0 Å². The van der Waals surface area contributed by atoms with Crippen molar-refractivity contribution in [3.05, 3.63) is 46.7 Å². The predicted octanol–water partition coefficient (Wildman–Crippen LogP) is 3.04.